The summed E-state index contributed by atoms with van der Waals surface area (Å²) in [7, 11) is 0. The van der Waals surface area contributed by atoms with E-state index in [9.17, 15) is 0 Å². The third kappa shape index (κ3) is 4.05. The minimum Gasteiger partial charge on any atom is -0.366 e. The van der Waals surface area contributed by atoms with Gasteiger partial charge in [-0.25, -0.2) is 0 Å². The molecule has 2 heterocycles. The summed E-state index contributed by atoms with van der Waals surface area (Å²) in [6.07, 6.45) is 12.2. The molecule has 116 valence electrons. The number of nitrogens with zero attached hydrogens (tertiary/aromatic N) is 4. The van der Waals surface area contributed by atoms with Crippen LogP contribution in [0, 0.1) is 5.92 Å². The predicted molar refractivity (Wildman–Crippen MR) is 85.6 cm³/mol. The maximum absolute atomic E-state index is 4.70. The first-order valence-corrected chi connectivity index (χ1v) is 8.52. The van der Waals surface area contributed by atoms with Crippen LogP contribution in [0.25, 0.3) is 0 Å². The number of aromatic nitrogens is 3. The molecule has 2 aliphatic rings. The Bertz CT molecular complexity index is 442. The van der Waals surface area contributed by atoms with Crippen molar-refractivity contribution in [2.75, 3.05) is 23.3 Å². The zero-order valence-electron chi connectivity index (χ0n) is 13.1. The highest BCUT2D eigenvalue weighted by atomic mass is 15.3. The maximum Gasteiger partial charge on any atom is 0.247 e. The van der Waals surface area contributed by atoms with Gasteiger partial charge < -0.3 is 10.2 Å². The molecule has 1 aromatic heterocycles. The zero-order chi connectivity index (χ0) is 14.5. The SMILES string of the molecule is CC1CCCN(c2nncc(NC3CCCCCC3)n2)C1. The van der Waals surface area contributed by atoms with Gasteiger partial charge in [0.15, 0.2) is 5.82 Å². The zero-order valence-corrected chi connectivity index (χ0v) is 13.1. The van der Waals surface area contributed by atoms with Gasteiger partial charge in [-0.3, -0.25) is 0 Å². The summed E-state index contributed by atoms with van der Waals surface area (Å²) < 4.78 is 0. The van der Waals surface area contributed by atoms with E-state index in [4.69, 9.17) is 4.98 Å². The van der Waals surface area contributed by atoms with Crippen LogP contribution in [-0.4, -0.2) is 34.3 Å². The lowest BCUT2D eigenvalue weighted by molar-refractivity contribution is 0.441. The number of anilines is 2. The lowest BCUT2D eigenvalue weighted by Crippen LogP contribution is -2.35. The molecule has 1 aromatic rings. The standard InChI is InChI=1S/C16H27N5/c1-13-7-6-10-21(12-13)16-19-15(11-17-20-16)18-14-8-4-2-3-5-9-14/h11,13-14H,2-10,12H2,1H3,(H,18,19,20). The van der Waals surface area contributed by atoms with Crippen LogP contribution < -0.4 is 10.2 Å². The minimum atomic E-state index is 0.553. The van der Waals surface area contributed by atoms with Crippen molar-refractivity contribution in [1.82, 2.24) is 15.2 Å². The number of nitrogens with one attached hydrogen (secondary N) is 1. The Morgan fingerprint density at radius 1 is 1.10 bits per heavy atom. The van der Waals surface area contributed by atoms with Crippen molar-refractivity contribution in [3.63, 3.8) is 0 Å². The molecule has 0 bridgehead atoms. The highest BCUT2D eigenvalue weighted by molar-refractivity contribution is 5.40. The molecule has 5 heteroatoms. The maximum atomic E-state index is 4.70. The Kier molecular flexibility index (Phi) is 4.88. The van der Waals surface area contributed by atoms with Gasteiger partial charge in [-0.2, -0.15) is 10.1 Å². The molecule has 21 heavy (non-hydrogen) atoms. The van der Waals surface area contributed by atoms with Crippen molar-refractivity contribution in [1.29, 1.82) is 0 Å². The van der Waals surface area contributed by atoms with E-state index in [2.05, 4.69) is 27.3 Å². The van der Waals surface area contributed by atoms with Gasteiger partial charge in [0.05, 0.1) is 6.20 Å². The fraction of sp³-hybridized carbons (Fsp3) is 0.812. The van der Waals surface area contributed by atoms with Gasteiger partial charge in [-0.05, 0) is 31.6 Å². The highest BCUT2D eigenvalue weighted by Crippen LogP contribution is 2.22. The van der Waals surface area contributed by atoms with Crippen LogP contribution in [0.3, 0.4) is 0 Å². The molecule has 1 saturated heterocycles. The number of rotatable bonds is 3. The Morgan fingerprint density at radius 3 is 2.67 bits per heavy atom. The fourth-order valence-corrected chi connectivity index (χ4v) is 3.50. The molecular formula is C16H27N5. The summed E-state index contributed by atoms with van der Waals surface area (Å²) >= 11 is 0. The van der Waals surface area contributed by atoms with Crippen molar-refractivity contribution in [3.05, 3.63) is 6.20 Å². The van der Waals surface area contributed by atoms with Gasteiger partial charge >= 0.3 is 0 Å². The van der Waals surface area contributed by atoms with Gasteiger partial charge in [-0.1, -0.05) is 32.6 Å². The quantitative estimate of drug-likeness (QED) is 0.866. The summed E-state index contributed by atoms with van der Waals surface area (Å²) in [5, 5.41) is 12.0. The predicted octanol–water partition coefficient (Wildman–Crippen LogP) is 3.24. The summed E-state index contributed by atoms with van der Waals surface area (Å²) in [6, 6.07) is 0.553. The average Bonchev–Trinajstić information content (AvgIpc) is 2.76. The molecule has 0 amide bonds. The fourth-order valence-electron chi connectivity index (χ4n) is 3.50. The first-order chi connectivity index (χ1) is 10.3. The normalized spacial score (nSPS) is 24.6. The number of piperidine rings is 1. The average molecular weight is 289 g/mol. The molecule has 0 aromatic carbocycles. The Labute approximate surface area is 127 Å². The summed E-state index contributed by atoms with van der Waals surface area (Å²) in [4.78, 5) is 6.97. The highest BCUT2D eigenvalue weighted by Gasteiger charge is 2.20. The van der Waals surface area contributed by atoms with Crippen molar-refractivity contribution >= 4 is 11.8 Å². The van der Waals surface area contributed by atoms with Crippen LogP contribution in [0.15, 0.2) is 6.20 Å². The van der Waals surface area contributed by atoms with E-state index in [-0.39, 0.29) is 0 Å². The van der Waals surface area contributed by atoms with Crippen molar-refractivity contribution in [3.8, 4) is 0 Å². The van der Waals surface area contributed by atoms with Gasteiger partial charge in [0.1, 0.15) is 0 Å². The molecule has 0 spiro atoms. The van der Waals surface area contributed by atoms with E-state index in [1.165, 1.54) is 51.4 Å². The van der Waals surface area contributed by atoms with Gasteiger partial charge in [0.2, 0.25) is 5.95 Å². The summed E-state index contributed by atoms with van der Waals surface area (Å²) in [6.45, 7) is 4.40. The second kappa shape index (κ2) is 7.05. The molecule has 1 aliphatic heterocycles. The summed E-state index contributed by atoms with van der Waals surface area (Å²) in [5.41, 5.74) is 0. The smallest absolute Gasteiger partial charge is 0.247 e. The Morgan fingerprint density at radius 2 is 1.90 bits per heavy atom. The van der Waals surface area contributed by atoms with Gasteiger partial charge in [0.25, 0.3) is 0 Å². The van der Waals surface area contributed by atoms with Crippen LogP contribution in [0.4, 0.5) is 11.8 Å². The second-order valence-electron chi connectivity index (χ2n) is 6.67. The van der Waals surface area contributed by atoms with E-state index in [0.717, 1.165) is 30.8 Å². The topological polar surface area (TPSA) is 53.9 Å². The Hall–Kier alpha value is -1.39. The molecular weight excluding hydrogens is 262 g/mol. The van der Waals surface area contributed by atoms with Crippen LogP contribution in [-0.2, 0) is 0 Å². The number of hydrogen-bond donors (Lipinski definition) is 1. The van der Waals surface area contributed by atoms with Gasteiger partial charge in [0, 0.05) is 19.1 Å². The molecule has 1 atom stereocenters. The minimum absolute atomic E-state index is 0.553. The van der Waals surface area contributed by atoms with E-state index in [0.29, 0.717) is 6.04 Å². The van der Waals surface area contributed by atoms with E-state index in [1.807, 2.05) is 0 Å². The van der Waals surface area contributed by atoms with Crippen LogP contribution in [0.2, 0.25) is 0 Å². The van der Waals surface area contributed by atoms with Crippen molar-refractivity contribution < 1.29 is 0 Å². The third-order valence-electron chi connectivity index (χ3n) is 4.69. The van der Waals surface area contributed by atoms with Crippen molar-refractivity contribution in [2.24, 2.45) is 5.92 Å². The molecule has 3 rings (SSSR count). The van der Waals surface area contributed by atoms with Crippen LogP contribution in [0.1, 0.15) is 58.3 Å². The molecule has 2 fully saturated rings. The summed E-state index contributed by atoms with van der Waals surface area (Å²) in [5.74, 6) is 2.41. The van der Waals surface area contributed by atoms with Gasteiger partial charge in [-0.15, -0.1) is 5.10 Å². The lowest BCUT2D eigenvalue weighted by atomic mass is 10.0. The molecule has 1 unspecified atom stereocenters. The Balaban J connectivity index is 1.64. The molecule has 5 nitrogen and oxygen atoms in total. The number of hydrogen-bond acceptors (Lipinski definition) is 5. The van der Waals surface area contributed by atoms with E-state index >= 15 is 0 Å². The molecule has 1 N–H and O–H groups in total. The van der Waals surface area contributed by atoms with E-state index < -0.39 is 0 Å². The van der Waals surface area contributed by atoms with Crippen LogP contribution in [0.5, 0.6) is 0 Å². The molecule has 1 saturated carbocycles. The largest absolute Gasteiger partial charge is 0.366 e. The second-order valence-corrected chi connectivity index (χ2v) is 6.67. The first-order valence-electron chi connectivity index (χ1n) is 8.52. The lowest BCUT2D eigenvalue weighted by Gasteiger charge is -2.30. The molecule has 1 aliphatic carbocycles. The van der Waals surface area contributed by atoms with E-state index in [1.54, 1.807) is 6.20 Å². The molecule has 0 radical (unpaired) electrons. The monoisotopic (exact) mass is 289 g/mol. The van der Waals surface area contributed by atoms with Crippen LogP contribution >= 0.6 is 0 Å². The third-order valence-corrected chi connectivity index (χ3v) is 4.69. The first kappa shape index (κ1) is 14.5. The van der Waals surface area contributed by atoms with Crippen molar-refractivity contribution in [2.45, 2.75) is 64.3 Å².